The van der Waals surface area contributed by atoms with Gasteiger partial charge in [-0.05, 0) is 19.9 Å². The SMILES string of the molecule is C=CC(=O)COCOC(C)C. The second kappa shape index (κ2) is 6.07. The molecule has 0 aliphatic carbocycles. The van der Waals surface area contributed by atoms with Crippen molar-refractivity contribution in [3.8, 4) is 0 Å². The summed E-state index contributed by atoms with van der Waals surface area (Å²) in [6.45, 7) is 7.32. The van der Waals surface area contributed by atoms with Gasteiger partial charge in [-0.3, -0.25) is 4.79 Å². The fourth-order valence-corrected chi connectivity index (χ4v) is 0.385. The Labute approximate surface area is 67.0 Å². The van der Waals surface area contributed by atoms with Crippen molar-refractivity contribution in [1.82, 2.24) is 0 Å². The zero-order chi connectivity index (χ0) is 8.69. The molecule has 0 saturated carbocycles. The van der Waals surface area contributed by atoms with Crippen LogP contribution >= 0.6 is 0 Å². The summed E-state index contributed by atoms with van der Waals surface area (Å²) in [6.07, 6.45) is 1.36. The second-order valence-corrected chi connectivity index (χ2v) is 2.35. The molecule has 0 amide bonds. The van der Waals surface area contributed by atoms with Gasteiger partial charge < -0.3 is 9.47 Å². The molecule has 0 aliphatic heterocycles. The summed E-state index contributed by atoms with van der Waals surface area (Å²) in [5.41, 5.74) is 0. The molecule has 0 atom stereocenters. The van der Waals surface area contributed by atoms with Crippen LogP contribution in [0.2, 0.25) is 0 Å². The van der Waals surface area contributed by atoms with Crippen molar-refractivity contribution in [2.75, 3.05) is 13.4 Å². The fourth-order valence-electron chi connectivity index (χ4n) is 0.385. The van der Waals surface area contributed by atoms with Crippen molar-refractivity contribution < 1.29 is 14.3 Å². The third kappa shape index (κ3) is 7.22. The van der Waals surface area contributed by atoms with E-state index in [0.29, 0.717) is 0 Å². The normalized spacial score (nSPS) is 10.1. The number of carbonyl (C=O) groups is 1. The lowest BCUT2D eigenvalue weighted by molar-refractivity contribution is -0.127. The molecule has 0 rings (SSSR count). The Morgan fingerprint density at radius 1 is 1.64 bits per heavy atom. The molecule has 0 unspecified atom stereocenters. The number of hydrogen-bond donors (Lipinski definition) is 0. The van der Waals surface area contributed by atoms with E-state index in [1.165, 1.54) is 6.08 Å². The Hall–Kier alpha value is -0.670. The quantitative estimate of drug-likeness (QED) is 0.330. The van der Waals surface area contributed by atoms with E-state index in [-0.39, 0.29) is 25.3 Å². The highest BCUT2D eigenvalue weighted by Crippen LogP contribution is 1.87. The molecule has 0 radical (unpaired) electrons. The molecule has 3 nitrogen and oxygen atoms in total. The van der Waals surface area contributed by atoms with Crippen LogP contribution in [0.4, 0.5) is 0 Å². The third-order valence-corrected chi connectivity index (χ3v) is 0.957. The van der Waals surface area contributed by atoms with Gasteiger partial charge in [-0.25, -0.2) is 0 Å². The van der Waals surface area contributed by atoms with E-state index >= 15 is 0 Å². The molecule has 0 heterocycles. The average Bonchev–Trinajstić information content (AvgIpc) is 1.97. The Bertz CT molecular complexity index is 129. The first-order valence-corrected chi connectivity index (χ1v) is 3.51. The van der Waals surface area contributed by atoms with E-state index in [2.05, 4.69) is 6.58 Å². The highest BCUT2D eigenvalue weighted by atomic mass is 16.7. The lowest BCUT2D eigenvalue weighted by Gasteiger charge is -2.06. The number of carbonyl (C=O) groups excluding carboxylic acids is 1. The van der Waals surface area contributed by atoms with Crippen molar-refractivity contribution in [3.63, 3.8) is 0 Å². The van der Waals surface area contributed by atoms with Crippen LogP contribution < -0.4 is 0 Å². The van der Waals surface area contributed by atoms with Crippen LogP contribution in [0.3, 0.4) is 0 Å². The van der Waals surface area contributed by atoms with Gasteiger partial charge in [0.25, 0.3) is 0 Å². The van der Waals surface area contributed by atoms with Crippen LogP contribution in [0.25, 0.3) is 0 Å². The van der Waals surface area contributed by atoms with Gasteiger partial charge in [-0.15, -0.1) is 0 Å². The summed E-state index contributed by atoms with van der Waals surface area (Å²) in [6, 6.07) is 0. The highest BCUT2D eigenvalue weighted by Gasteiger charge is 1.96. The maximum absolute atomic E-state index is 10.6. The monoisotopic (exact) mass is 158 g/mol. The van der Waals surface area contributed by atoms with Crippen molar-refractivity contribution >= 4 is 5.78 Å². The molecule has 3 heteroatoms. The summed E-state index contributed by atoms with van der Waals surface area (Å²) in [5, 5.41) is 0. The molecule has 0 aromatic heterocycles. The minimum atomic E-state index is -0.127. The minimum absolute atomic E-state index is 0.0518. The minimum Gasteiger partial charge on any atom is -0.353 e. The summed E-state index contributed by atoms with van der Waals surface area (Å²) in [4.78, 5) is 10.6. The molecule has 11 heavy (non-hydrogen) atoms. The molecule has 0 bridgehead atoms. The average molecular weight is 158 g/mol. The van der Waals surface area contributed by atoms with Crippen LogP contribution in [-0.2, 0) is 14.3 Å². The van der Waals surface area contributed by atoms with Gasteiger partial charge in [0.1, 0.15) is 13.4 Å². The van der Waals surface area contributed by atoms with Gasteiger partial charge in [-0.2, -0.15) is 0 Å². The first-order valence-electron chi connectivity index (χ1n) is 3.51. The number of hydrogen-bond acceptors (Lipinski definition) is 3. The maximum Gasteiger partial charge on any atom is 0.180 e. The van der Waals surface area contributed by atoms with Crippen LogP contribution in [0.5, 0.6) is 0 Å². The molecular weight excluding hydrogens is 144 g/mol. The van der Waals surface area contributed by atoms with Crippen LogP contribution in [0.15, 0.2) is 12.7 Å². The molecule has 0 N–H and O–H groups in total. The zero-order valence-electron chi connectivity index (χ0n) is 7.00. The standard InChI is InChI=1S/C8H14O3/c1-4-8(9)5-10-6-11-7(2)3/h4,7H,1,5-6H2,2-3H3. The third-order valence-electron chi connectivity index (χ3n) is 0.957. The van der Waals surface area contributed by atoms with Gasteiger partial charge in [0.05, 0.1) is 6.10 Å². The van der Waals surface area contributed by atoms with Crippen LogP contribution in [-0.4, -0.2) is 25.3 Å². The Morgan fingerprint density at radius 3 is 2.73 bits per heavy atom. The predicted molar refractivity (Wildman–Crippen MR) is 42.2 cm³/mol. The zero-order valence-corrected chi connectivity index (χ0v) is 7.00. The summed E-state index contributed by atoms with van der Waals surface area (Å²) in [7, 11) is 0. The lowest BCUT2D eigenvalue weighted by Crippen LogP contribution is -2.11. The number of rotatable bonds is 6. The first-order chi connectivity index (χ1) is 5.16. The van der Waals surface area contributed by atoms with Crippen LogP contribution in [0, 0.1) is 0 Å². The summed E-state index contributed by atoms with van der Waals surface area (Å²) >= 11 is 0. The molecular formula is C8H14O3. The van der Waals surface area contributed by atoms with E-state index in [1.54, 1.807) is 0 Å². The predicted octanol–water partition coefficient (Wildman–Crippen LogP) is 1.14. The van der Waals surface area contributed by atoms with Crippen molar-refractivity contribution in [1.29, 1.82) is 0 Å². The lowest BCUT2D eigenvalue weighted by atomic mass is 10.4. The smallest absolute Gasteiger partial charge is 0.180 e. The van der Waals surface area contributed by atoms with Gasteiger partial charge in [-0.1, -0.05) is 6.58 Å². The molecule has 0 aromatic rings. The molecule has 0 aliphatic rings. The van der Waals surface area contributed by atoms with E-state index in [4.69, 9.17) is 9.47 Å². The van der Waals surface area contributed by atoms with E-state index in [9.17, 15) is 4.79 Å². The molecule has 0 aromatic carbocycles. The van der Waals surface area contributed by atoms with E-state index < -0.39 is 0 Å². The van der Waals surface area contributed by atoms with Crippen LogP contribution in [0.1, 0.15) is 13.8 Å². The van der Waals surface area contributed by atoms with Gasteiger partial charge in [0, 0.05) is 0 Å². The van der Waals surface area contributed by atoms with Gasteiger partial charge in [0.15, 0.2) is 5.78 Å². The molecule has 0 fully saturated rings. The fraction of sp³-hybridized carbons (Fsp3) is 0.625. The van der Waals surface area contributed by atoms with Gasteiger partial charge in [0.2, 0.25) is 0 Å². The number of ketones is 1. The van der Waals surface area contributed by atoms with Gasteiger partial charge >= 0.3 is 0 Å². The van der Waals surface area contributed by atoms with Crippen molar-refractivity contribution in [2.24, 2.45) is 0 Å². The topological polar surface area (TPSA) is 35.5 Å². The Morgan fingerprint density at radius 2 is 2.27 bits per heavy atom. The maximum atomic E-state index is 10.6. The van der Waals surface area contributed by atoms with E-state index in [0.717, 1.165) is 0 Å². The van der Waals surface area contributed by atoms with Crippen molar-refractivity contribution in [2.45, 2.75) is 20.0 Å². The highest BCUT2D eigenvalue weighted by molar-refractivity contribution is 5.90. The largest absolute Gasteiger partial charge is 0.353 e. The summed E-state index contributed by atoms with van der Waals surface area (Å²) in [5.74, 6) is -0.127. The number of ether oxygens (including phenoxy) is 2. The second-order valence-electron chi connectivity index (χ2n) is 2.35. The molecule has 0 saturated heterocycles. The summed E-state index contributed by atoms with van der Waals surface area (Å²) < 4.78 is 9.88. The van der Waals surface area contributed by atoms with E-state index in [1.807, 2.05) is 13.8 Å². The first kappa shape index (κ1) is 10.3. The Kier molecular flexibility index (Phi) is 5.70. The van der Waals surface area contributed by atoms with Crippen molar-refractivity contribution in [3.05, 3.63) is 12.7 Å². The Balaban J connectivity index is 3.14. The molecule has 64 valence electrons. The molecule has 0 spiro atoms.